The van der Waals surface area contributed by atoms with Crippen LogP contribution in [-0.4, -0.2) is 107 Å². The molecule has 0 aliphatic carbocycles. The molecule has 0 atom stereocenters. The summed E-state index contributed by atoms with van der Waals surface area (Å²) in [6.07, 6.45) is 43.9. The van der Waals surface area contributed by atoms with Gasteiger partial charge in [-0.3, -0.25) is 0 Å². The molecule has 8 aromatic carbocycles. The van der Waals surface area contributed by atoms with Crippen molar-refractivity contribution in [3.8, 4) is 115 Å². The van der Waals surface area contributed by atoms with Gasteiger partial charge in [0.2, 0.25) is 0 Å². The number of rotatable bonds is 64. The van der Waals surface area contributed by atoms with Gasteiger partial charge in [-0.15, -0.1) is 0 Å². The van der Waals surface area contributed by atoms with Gasteiger partial charge in [-0.1, -0.05) is 206 Å². The van der Waals surface area contributed by atoms with Gasteiger partial charge in [0.25, 0.3) is 0 Å². The van der Waals surface area contributed by atoms with Crippen LogP contribution >= 0.6 is 0 Å². The van der Waals surface area contributed by atoms with Crippen molar-refractivity contribution in [1.82, 2.24) is 39.9 Å². The van der Waals surface area contributed by atoms with E-state index in [1.807, 2.05) is 170 Å². The topological polar surface area (TPSA) is 285 Å². The van der Waals surface area contributed by atoms with Crippen molar-refractivity contribution in [1.29, 1.82) is 0 Å². The first-order valence-corrected chi connectivity index (χ1v) is 49.0. The second-order valence-electron chi connectivity index (χ2n) is 34.2. The smallest absolute Gasteiger partial charge is 0.494 e. The van der Waals surface area contributed by atoms with Crippen molar-refractivity contribution in [2.75, 3.05) is 52.9 Å². The Bertz CT molecular complexity index is 5880. The van der Waals surface area contributed by atoms with Gasteiger partial charge >= 0.3 is 43.4 Å². The van der Waals surface area contributed by atoms with Crippen LogP contribution in [0.5, 0.6) is 69.0 Å². The van der Waals surface area contributed by atoms with E-state index in [-0.39, 0.29) is 43.4 Å². The van der Waals surface area contributed by atoms with E-state index in [9.17, 15) is 19.2 Å². The maximum Gasteiger partial charge on any atom is 2.00 e. The minimum absolute atomic E-state index is 0. The molecule has 0 fully saturated rings. The zero-order valence-corrected chi connectivity index (χ0v) is 82.2. The molecular formula is C112H128N8O16Zn. The molecule has 0 spiro atoms. The van der Waals surface area contributed by atoms with Crippen molar-refractivity contribution >= 4 is 68.0 Å². The van der Waals surface area contributed by atoms with Crippen LogP contribution in [0.1, 0.15) is 231 Å². The van der Waals surface area contributed by atoms with Crippen LogP contribution in [-0.2, 0) is 57.6 Å². The molecule has 0 N–H and O–H groups in total. The number of unbranched alkanes of at least 4 members (excludes halogenated alkanes) is 32. The number of hydrogen-bond donors (Lipinski definition) is 0. The SMILES string of the molecule is C=CC(=O)OCCCCCCCCCCCOc1ccc(Oc2ccc3c(c2)-c2nc-3nc3[n-]c(nc4nc(nc5[n-]c(n2)c2ccc(Oc6ccc(OCCCCCCCCCCCOC(=O)C=C)cc6)cc52)-c2cc(Oc5ccc(OCCCCCCCCCCCOC(=O)C=C)cc5)ccc2-4)c2cc(Oc4ccc(OCCCCCCCCCCCOC(=O)C=C)cc4)ccc32)cc1.[Zn+2]. The minimum atomic E-state index is -0.365. The Morgan fingerprint density at radius 2 is 0.401 bits per heavy atom. The first kappa shape index (κ1) is 103. The maximum absolute atomic E-state index is 11.3. The Kier molecular flexibility index (Phi) is 42.9. The summed E-state index contributed by atoms with van der Waals surface area (Å²) in [4.78, 5) is 87.9. The predicted octanol–water partition coefficient (Wildman–Crippen LogP) is 27.8. The zero-order chi connectivity index (χ0) is 94.4. The maximum atomic E-state index is 11.3. The van der Waals surface area contributed by atoms with Crippen molar-refractivity contribution in [3.05, 3.63) is 220 Å². The molecule has 3 aromatic heterocycles. The molecular weight excluding hydrogens is 1780 g/mol. The molecule has 137 heavy (non-hydrogen) atoms. The number of carbonyl (C=O) groups excluding carboxylic acids is 4. The Morgan fingerprint density at radius 3 is 0.642 bits per heavy atom. The second-order valence-corrected chi connectivity index (χ2v) is 34.2. The Morgan fingerprint density at radius 1 is 0.212 bits per heavy atom. The van der Waals surface area contributed by atoms with Gasteiger partial charge in [-0.25, -0.2) is 29.1 Å². The summed E-state index contributed by atoms with van der Waals surface area (Å²) in [5, 5.41) is 2.63. The van der Waals surface area contributed by atoms with E-state index in [4.69, 9.17) is 96.7 Å². The minimum Gasteiger partial charge on any atom is -0.494 e. The van der Waals surface area contributed by atoms with Gasteiger partial charge in [0, 0.05) is 69.1 Å². The largest absolute Gasteiger partial charge is 2.00 e. The quantitative estimate of drug-likeness (QED) is 0.0112. The molecule has 2 aliphatic rings. The van der Waals surface area contributed by atoms with Crippen LogP contribution in [0.2, 0.25) is 0 Å². The van der Waals surface area contributed by atoms with Crippen LogP contribution in [0.3, 0.4) is 0 Å². The third-order valence-electron chi connectivity index (χ3n) is 23.7. The Hall–Kier alpha value is -13.0. The summed E-state index contributed by atoms with van der Waals surface area (Å²) in [5.41, 5.74) is 3.96. The number of carbonyl (C=O) groups is 4. The van der Waals surface area contributed by atoms with Crippen LogP contribution in [0, 0.1) is 0 Å². The molecule has 24 nitrogen and oxygen atoms in total. The van der Waals surface area contributed by atoms with Crippen LogP contribution in [0.25, 0.3) is 89.7 Å². The second kappa shape index (κ2) is 57.1. The molecule has 0 radical (unpaired) electrons. The molecule has 5 heterocycles. The molecule has 0 amide bonds. The summed E-state index contributed by atoms with van der Waals surface area (Å²) in [5.74, 6) is 7.43. The fourth-order valence-electron chi connectivity index (χ4n) is 16.2. The molecule has 2 aliphatic heterocycles. The third kappa shape index (κ3) is 33.7. The van der Waals surface area contributed by atoms with Gasteiger partial charge in [-0.05, 0) is 243 Å². The number of esters is 4. The number of aromatic nitrogens is 8. The number of benzene rings is 8. The van der Waals surface area contributed by atoms with E-state index < -0.39 is 0 Å². The van der Waals surface area contributed by atoms with Gasteiger partial charge in [0.05, 0.1) is 76.2 Å². The summed E-state index contributed by atoms with van der Waals surface area (Å²) in [7, 11) is 0. The van der Waals surface area contributed by atoms with Gasteiger partial charge in [0.1, 0.15) is 69.0 Å². The zero-order valence-electron chi connectivity index (χ0n) is 79.2. The van der Waals surface area contributed by atoms with E-state index in [0.717, 1.165) is 177 Å². The van der Waals surface area contributed by atoms with Crippen molar-refractivity contribution in [2.45, 2.75) is 231 Å². The molecule has 25 heteroatoms. The Labute approximate surface area is 817 Å². The van der Waals surface area contributed by atoms with Gasteiger partial charge in [0.15, 0.2) is 0 Å². The third-order valence-corrected chi connectivity index (χ3v) is 23.7. The number of ether oxygens (including phenoxy) is 12. The Balaban J connectivity index is 0.0000168. The first-order chi connectivity index (χ1) is 66.9. The van der Waals surface area contributed by atoms with Gasteiger partial charge in [-0.2, -0.15) is 0 Å². The van der Waals surface area contributed by atoms with E-state index in [0.29, 0.717) is 189 Å². The van der Waals surface area contributed by atoms with Crippen molar-refractivity contribution in [2.24, 2.45) is 0 Å². The predicted molar refractivity (Wildman–Crippen MR) is 533 cm³/mol. The number of fused-ring (bicyclic) bond motifs is 20. The number of nitrogens with zero attached hydrogens (tertiary/aromatic N) is 8. The number of hydrogen-bond acceptors (Lipinski definition) is 22. The molecule has 714 valence electrons. The fourth-order valence-corrected chi connectivity index (χ4v) is 16.2. The molecule has 13 rings (SSSR count). The van der Waals surface area contributed by atoms with Crippen LogP contribution < -0.4 is 47.9 Å². The van der Waals surface area contributed by atoms with Crippen LogP contribution in [0.4, 0.5) is 0 Å². The molecule has 0 saturated heterocycles. The average Bonchev–Trinajstić information content (AvgIpc) is 1.60. The summed E-state index contributed by atoms with van der Waals surface area (Å²) < 4.78 is 71.9. The molecule has 0 saturated carbocycles. The standard InChI is InChI=1S/C112H128N8O16.Zn/c1-5-101(121)129-73-41-33-25-17-9-13-21-29-37-69-125-81-45-53-85(54-46-81)133-89-61-65-93-97(77-89)109-114-105(93)113-106-94-66-62-90(134-86-55-47-82(48-56-86)126-70-38-30-22-14-10-18-26-34-42-74-130-102(122)6-2)78-98(94)110(115-106)117-108-96-68-64-92(136-88-59-51-84(52-60-88)128-72-40-32-24-16-12-20-28-36-44-76-132-104(124)8-4)80-100(96)112(119-108)120-111-99-79-91(63-67-95(99)107(116-109)118-111)135-87-57-49-83(50-58-87)127-71-39-31-23-15-11-19-27-35-43-75-131-103(123)7-3;/h5-8,45-68,77-80H,1-4,9-44,69-76H2;/q-2;+2. The average molecular weight is 1910 g/mol. The molecule has 8 bridgehead atoms. The van der Waals surface area contributed by atoms with E-state index >= 15 is 0 Å². The van der Waals surface area contributed by atoms with E-state index in [1.54, 1.807) is 0 Å². The normalized spacial score (nSPS) is 11.2. The summed E-state index contributed by atoms with van der Waals surface area (Å²) in [6, 6.07) is 53.6. The van der Waals surface area contributed by atoms with Crippen molar-refractivity contribution < 1.29 is 95.5 Å². The first-order valence-electron chi connectivity index (χ1n) is 49.0. The fraction of sp³-hybridized carbons (Fsp3) is 0.393. The van der Waals surface area contributed by atoms with E-state index in [1.165, 1.54) is 101 Å². The van der Waals surface area contributed by atoms with Crippen LogP contribution in [0.15, 0.2) is 220 Å². The van der Waals surface area contributed by atoms with Crippen molar-refractivity contribution in [3.63, 3.8) is 0 Å². The summed E-state index contributed by atoms with van der Waals surface area (Å²) in [6.45, 7) is 18.0. The molecule has 11 aromatic rings. The summed E-state index contributed by atoms with van der Waals surface area (Å²) >= 11 is 0. The molecule has 0 unspecified atom stereocenters. The van der Waals surface area contributed by atoms with E-state index in [2.05, 4.69) is 26.3 Å². The monoisotopic (exact) mass is 1900 g/mol. The van der Waals surface area contributed by atoms with Gasteiger partial charge < -0.3 is 86.7 Å².